The molecule has 1 aliphatic carbocycles. The van der Waals surface area contributed by atoms with Gasteiger partial charge in [0.1, 0.15) is 0 Å². The number of pyridine rings is 1. The smallest absolute Gasteiger partial charge is 0.254 e. The Morgan fingerprint density at radius 3 is 2.56 bits per heavy atom. The first-order valence-corrected chi connectivity index (χ1v) is 9.71. The number of likely N-dealkylation sites (tertiary alicyclic amines) is 1. The summed E-state index contributed by atoms with van der Waals surface area (Å²) in [6, 6.07) is 2.07. The van der Waals surface area contributed by atoms with Gasteiger partial charge in [-0.15, -0.1) is 0 Å². The highest BCUT2D eigenvalue weighted by Crippen LogP contribution is 2.38. The van der Waals surface area contributed by atoms with Crippen molar-refractivity contribution in [1.29, 1.82) is 0 Å². The van der Waals surface area contributed by atoms with Gasteiger partial charge in [0.25, 0.3) is 5.91 Å². The number of aryl methyl sites for hydroxylation is 3. The number of hydrogen-bond donors (Lipinski definition) is 1. The van der Waals surface area contributed by atoms with Crippen molar-refractivity contribution in [3.63, 3.8) is 0 Å². The Bertz CT molecular complexity index is 890. The van der Waals surface area contributed by atoms with Crippen LogP contribution in [0.3, 0.4) is 0 Å². The Balaban J connectivity index is 1.63. The molecule has 1 saturated carbocycles. The van der Waals surface area contributed by atoms with Gasteiger partial charge in [-0.05, 0) is 58.7 Å². The Morgan fingerprint density at radius 2 is 1.89 bits per heavy atom. The van der Waals surface area contributed by atoms with Crippen molar-refractivity contribution < 1.29 is 9.90 Å². The van der Waals surface area contributed by atoms with Crippen LogP contribution in [0.4, 0.5) is 0 Å². The minimum Gasteiger partial charge on any atom is -0.391 e. The van der Waals surface area contributed by atoms with Gasteiger partial charge >= 0.3 is 0 Å². The summed E-state index contributed by atoms with van der Waals surface area (Å²) in [6.45, 7) is 5.34. The zero-order valence-corrected chi connectivity index (χ0v) is 16.8. The van der Waals surface area contributed by atoms with Gasteiger partial charge < -0.3 is 14.9 Å². The molecule has 1 saturated heterocycles. The van der Waals surface area contributed by atoms with Gasteiger partial charge in [0.2, 0.25) is 0 Å². The number of aromatic nitrogens is 3. The van der Waals surface area contributed by atoms with Crippen molar-refractivity contribution >= 4 is 16.9 Å². The predicted molar refractivity (Wildman–Crippen MR) is 104 cm³/mol. The number of likely N-dealkylation sites (N-methyl/N-ethyl adjacent to an activating group) is 1. The second-order valence-electron chi connectivity index (χ2n) is 8.52. The molecule has 1 amide bonds. The third-order valence-corrected chi connectivity index (χ3v) is 6.39. The number of fused-ring (bicyclic) bond motifs is 2. The molecular weight excluding hydrogens is 342 g/mol. The van der Waals surface area contributed by atoms with Gasteiger partial charge in [0, 0.05) is 31.9 Å². The van der Waals surface area contributed by atoms with Crippen LogP contribution in [-0.2, 0) is 7.05 Å². The molecule has 1 aliphatic heterocycles. The first-order chi connectivity index (χ1) is 12.8. The second kappa shape index (κ2) is 6.56. The van der Waals surface area contributed by atoms with Crippen LogP contribution in [0.15, 0.2) is 6.07 Å². The van der Waals surface area contributed by atoms with E-state index in [-0.39, 0.29) is 18.1 Å². The molecule has 0 bridgehead atoms. The number of rotatable bonds is 2. The zero-order chi connectivity index (χ0) is 19.5. The lowest BCUT2D eigenvalue weighted by atomic mass is 9.77. The largest absolute Gasteiger partial charge is 0.391 e. The third kappa shape index (κ3) is 3.02. The van der Waals surface area contributed by atoms with E-state index in [1.165, 1.54) is 0 Å². The summed E-state index contributed by atoms with van der Waals surface area (Å²) in [5.41, 5.74) is 3.12. The summed E-state index contributed by atoms with van der Waals surface area (Å²) in [5.74, 6) is 0.902. The first-order valence-electron chi connectivity index (χ1n) is 9.71. The molecule has 0 aromatic carbocycles. The van der Waals surface area contributed by atoms with Crippen LogP contribution in [0.1, 0.15) is 34.6 Å². The van der Waals surface area contributed by atoms with Gasteiger partial charge in [-0.3, -0.25) is 9.48 Å². The van der Waals surface area contributed by atoms with Crippen LogP contribution >= 0.6 is 0 Å². The fraction of sp³-hybridized carbons (Fsp3) is 0.650. The number of amides is 1. The number of aliphatic hydroxyl groups excluding tert-OH is 1. The second-order valence-corrected chi connectivity index (χ2v) is 8.52. The fourth-order valence-electron chi connectivity index (χ4n) is 5.04. The highest BCUT2D eigenvalue weighted by molar-refractivity contribution is 6.06. The van der Waals surface area contributed by atoms with E-state index in [0.29, 0.717) is 17.4 Å². The van der Waals surface area contributed by atoms with Crippen LogP contribution in [0.2, 0.25) is 0 Å². The standard InChI is InChI=1S/C20H29N5O2/c1-11-6-15(18-12(2)22-24(5)19(18)21-11)20(27)25-9-13-7-16(23(3)4)17(26)8-14(13)10-25/h6,13-14,16-17,26H,7-10H2,1-5H3/t13-,14+,16-,17-/m1/s1. The molecule has 2 aromatic rings. The quantitative estimate of drug-likeness (QED) is 0.863. The Labute approximate surface area is 160 Å². The van der Waals surface area contributed by atoms with E-state index < -0.39 is 0 Å². The van der Waals surface area contributed by atoms with Crippen molar-refractivity contribution in [1.82, 2.24) is 24.6 Å². The molecule has 7 heteroatoms. The third-order valence-electron chi connectivity index (χ3n) is 6.39. The highest BCUT2D eigenvalue weighted by Gasteiger charge is 2.43. The topological polar surface area (TPSA) is 74.5 Å². The Hall–Kier alpha value is -1.99. The monoisotopic (exact) mass is 371 g/mol. The number of carbonyl (C=O) groups excluding carboxylic acids is 1. The average molecular weight is 371 g/mol. The number of nitrogens with zero attached hydrogens (tertiary/aromatic N) is 5. The van der Waals surface area contributed by atoms with Crippen molar-refractivity contribution in [3.8, 4) is 0 Å². The van der Waals surface area contributed by atoms with Gasteiger partial charge in [0.15, 0.2) is 5.65 Å². The predicted octanol–water partition coefficient (Wildman–Crippen LogP) is 1.36. The van der Waals surface area contributed by atoms with E-state index >= 15 is 0 Å². The molecule has 7 nitrogen and oxygen atoms in total. The van der Waals surface area contributed by atoms with Crippen molar-refractivity contribution in [2.45, 2.75) is 38.8 Å². The molecule has 27 heavy (non-hydrogen) atoms. The summed E-state index contributed by atoms with van der Waals surface area (Å²) in [7, 11) is 5.91. The normalized spacial score (nSPS) is 28.2. The molecule has 146 valence electrons. The van der Waals surface area contributed by atoms with Crippen molar-refractivity contribution in [2.24, 2.45) is 18.9 Å². The molecule has 3 heterocycles. The molecule has 0 unspecified atom stereocenters. The fourth-order valence-corrected chi connectivity index (χ4v) is 5.04. The maximum atomic E-state index is 13.4. The molecule has 0 radical (unpaired) electrons. The van der Waals surface area contributed by atoms with E-state index in [2.05, 4.69) is 15.0 Å². The van der Waals surface area contributed by atoms with Crippen LogP contribution in [-0.4, -0.2) is 74.9 Å². The molecule has 2 aromatic heterocycles. The molecule has 2 aliphatic rings. The Morgan fingerprint density at radius 1 is 1.22 bits per heavy atom. The van der Waals surface area contributed by atoms with E-state index in [4.69, 9.17) is 0 Å². The maximum Gasteiger partial charge on any atom is 0.254 e. The minimum atomic E-state index is -0.313. The summed E-state index contributed by atoms with van der Waals surface area (Å²) < 4.78 is 1.75. The molecular formula is C20H29N5O2. The maximum absolute atomic E-state index is 13.4. The lowest BCUT2D eigenvalue weighted by Crippen LogP contribution is -2.46. The van der Waals surface area contributed by atoms with Crippen LogP contribution in [0.5, 0.6) is 0 Å². The van der Waals surface area contributed by atoms with Crippen molar-refractivity contribution in [2.75, 3.05) is 27.2 Å². The minimum absolute atomic E-state index is 0.0619. The number of carbonyl (C=O) groups is 1. The molecule has 4 atom stereocenters. The number of aliphatic hydroxyl groups is 1. The van der Waals surface area contributed by atoms with Gasteiger partial charge in [-0.2, -0.15) is 5.10 Å². The van der Waals surface area contributed by atoms with E-state index in [9.17, 15) is 9.90 Å². The van der Waals surface area contributed by atoms with Gasteiger partial charge in [-0.1, -0.05) is 0 Å². The van der Waals surface area contributed by atoms with E-state index in [1.54, 1.807) is 4.68 Å². The summed E-state index contributed by atoms with van der Waals surface area (Å²) >= 11 is 0. The zero-order valence-electron chi connectivity index (χ0n) is 16.8. The van der Waals surface area contributed by atoms with Crippen LogP contribution in [0.25, 0.3) is 11.0 Å². The van der Waals surface area contributed by atoms with Crippen molar-refractivity contribution in [3.05, 3.63) is 23.0 Å². The van der Waals surface area contributed by atoms with Gasteiger partial charge in [-0.25, -0.2) is 4.98 Å². The first kappa shape index (κ1) is 18.4. The lowest BCUT2D eigenvalue weighted by Gasteiger charge is -2.38. The summed E-state index contributed by atoms with van der Waals surface area (Å²) in [6.07, 6.45) is 1.40. The van der Waals surface area contributed by atoms with E-state index in [1.807, 2.05) is 46.0 Å². The Kier molecular flexibility index (Phi) is 4.47. The summed E-state index contributed by atoms with van der Waals surface area (Å²) in [4.78, 5) is 22.1. The molecule has 4 rings (SSSR count). The SMILES string of the molecule is Cc1cc(C(=O)N2C[C@H]3C[C@@H](N(C)C)[C@H](O)C[C@H]3C2)c2c(C)nn(C)c2n1. The van der Waals surface area contributed by atoms with Crippen LogP contribution in [0, 0.1) is 25.7 Å². The molecule has 0 spiro atoms. The van der Waals surface area contributed by atoms with Crippen LogP contribution < -0.4 is 0 Å². The van der Waals surface area contributed by atoms with Gasteiger partial charge in [0.05, 0.1) is 22.7 Å². The summed E-state index contributed by atoms with van der Waals surface area (Å²) in [5, 5.41) is 15.8. The highest BCUT2D eigenvalue weighted by atomic mass is 16.3. The molecule has 2 fully saturated rings. The van der Waals surface area contributed by atoms with E-state index in [0.717, 1.165) is 48.4 Å². The number of hydrogen-bond acceptors (Lipinski definition) is 5. The lowest BCUT2D eigenvalue weighted by molar-refractivity contribution is 0.00940. The molecule has 1 N–H and O–H groups in total. The average Bonchev–Trinajstić information content (AvgIpc) is 3.13.